The van der Waals surface area contributed by atoms with Gasteiger partial charge < -0.3 is 10.6 Å². The molecule has 0 unspecified atom stereocenters. The Labute approximate surface area is 164 Å². The Balaban J connectivity index is 0.00000134. The fourth-order valence-corrected chi connectivity index (χ4v) is 2.58. The Morgan fingerprint density at radius 2 is 1.56 bits per heavy atom. The molecule has 4 nitrogen and oxygen atoms in total. The number of hydrogen-bond donors (Lipinski definition) is 2. The molecule has 1 aromatic carbocycles. The van der Waals surface area contributed by atoms with Crippen LogP contribution in [0.1, 0.15) is 38.2 Å². The van der Waals surface area contributed by atoms with E-state index in [1.807, 2.05) is 27.7 Å². The molecular weight excluding hydrogens is 381 g/mol. The van der Waals surface area contributed by atoms with Crippen molar-refractivity contribution in [2.45, 2.75) is 27.7 Å². The van der Waals surface area contributed by atoms with Crippen LogP contribution < -0.4 is 10.6 Å². The summed E-state index contributed by atoms with van der Waals surface area (Å²) in [5.74, 6) is 0.240. The zero-order chi connectivity index (χ0) is 19.6. The van der Waals surface area contributed by atoms with Gasteiger partial charge in [0.05, 0.1) is 10.0 Å². The molecule has 1 aromatic heterocycles. The highest BCUT2D eigenvalue weighted by Gasteiger charge is 2.15. The number of rotatable bonds is 3. The number of benzene rings is 1. The molecule has 25 heavy (non-hydrogen) atoms. The lowest BCUT2D eigenvalue weighted by atomic mass is 10.1. The van der Waals surface area contributed by atoms with E-state index in [1.54, 1.807) is 38.4 Å². The van der Waals surface area contributed by atoms with Crippen molar-refractivity contribution < 1.29 is 4.79 Å². The highest BCUT2D eigenvalue weighted by atomic mass is 35.5. The van der Waals surface area contributed by atoms with Crippen molar-refractivity contribution in [3.8, 4) is 11.1 Å². The number of carbonyl (C=O) groups is 1. The molecule has 0 spiro atoms. The third-order valence-electron chi connectivity index (χ3n) is 2.87. The van der Waals surface area contributed by atoms with Crippen LogP contribution in [0.3, 0.4) is 0 Å². The van der Waals surface area contributed by atoms with E-state index in [-0.39, 0.29) is 5.91 Å². The molecule has 0 aliphatic rings. The van der Waals surface area contributed by atoms with Gasteiger partial charge in [0.15, 0.2) is 0 Å². The first-order chi connectivity index (χ1) is 12.0. The van der Waals surface area contributed by atoms with Crippen LogP contribution in [0.15, 0.2) is 24.3 Å². The number of aromatic nitrogens is 1. The van der Waals surface area contributed by atoms with E-state index in [1.165, 1.54) is 0 Å². The van der Waals surface area contributed by atoms with Gasteiger partial charge in [0.2, 0.25) is 0 Å². The predicted octanol–water partition coefficient (Wildman–Crippen LogP) is 6.16. The topological polar surface area (TPSA) is 54.0 Å². The van der Waals surface area contributed by atoms with Crippen LogP contribution in [-0.2, 0) is 0 Å². The molecule has 0 radical (unpaired) electrons. The second-order valence-electron chi connectivity index (χ2n) is 4.17. The normalized spacial score (nSPS) is 9.16. The zero-order valence-electron chi connectivity index (χ0n) is 15.3. The molecular formula is C18H24Cl3N3O. The Morgan fingerprint density at radius 3 is 2.08 bits per heavy atom. The Hall–Kier alpha value is -1.49. The van der Waals surface area contributed by atoms with Crippen LogP contribution in [0.4, 0.5) is 5.82 Å². The first kappa shape index (κ1) is 23.5. The number of nitrogens with one attached hydrogen (secondary N) is 2. The van der Waals surface area contributed by atoms with E-state index >= 15 is 0 Å². The lowest BCUT2D eigenvalue weighted by Crippen LogP contribution is -2.19. The molecule has 0 bridgehead atoms. The standard InChI is InChI=1S/C14H12Cl3N3O.2C2H6/c1-18-13-8(3-4-11(20-13)14(21)19-2)9-5-7(15)6-10(16)12(9)17;2*1-2/h3-6H,1-2H3,(H,18,20)(H,19,21);2*1-2H3. The molecule has 0 aliphatic heterocycles. The van der Waals surface area contributed by atoms with Gasteiger partial charge in [-0.25, -0.2) is 4.98 Å². The van der Waals surface area contributed by atoms with Crippen molar-refractivity contribution in [2.75, 3.05) is 19.4 Å². The van der Waals surface area contributed by atoms with Crippen molar-refractivity contribution >= 4 is 46.5 Å². The Kier molecular flexibility index (Phi) is 11.2. The summed E-state index contributed by atoms with van der Waals surface area (Å²) in [4.78, 5) is 15.9. The van der Waals surface area contributed by atoms with Gasteiger partial charge in [0, 0.05) is 30.2 Å². The summed E-state index contributed by atoms with van der Waals surface area (Å²) in [5.41, 5.74) is 1.66. The zero-order valence-corrected chi connectivity index (χ0v) is 17.6. The van der Waals surface area contributed by atoms with Gasteiger partial charge in [-0.1, -0.05) is 62.5 Å². The maximum Gasteiger partial charge on any atom is 0.269 e. The number of halogens is 3. The van der Waals surface area contributed by atoms with E-state index in [0.29, 0.717) is 37.7 Å². The minimum atomic E-state index is -0.270. The van der Waals surface area contributed by atoms with Gasteiger partial charge in [0.25, 0.3) is 5.91 Å². The third kappa shape index (κ3) is 6.07. The SMILES string of the molecule is CC.CC.CNC(=O)c1ccc(-c2cc(Cl)cc(Cl)c2Cl)c(NC)n1. The molecule has 2 rings (SSSR count). The van der Waals surface area contributed by atoms with Gasteiger partial charge in [-0.2, -0.15) is 0 Å². The Morgan fingerprint density at radius 1 is 0.960 bits per heavy atom. The van der Waals surface area contributed by atoms with E-state index in [4.69, 9.17) is 34.8 Å². The number of amides is 1. The van der Waals surface area contributed by atoms with Crippen LogP contribution in [-0.4, -0.2) is 25.0 Å². The van der Waals surface area contributed by atoms with Crippen LogP contribution >= 0.6 is 34.8 Å². The van der Waals surface area contributed by atoms with Crippen LogP contribution in [0.5, 0.6) is 0 Å². The van der Waals surface area contributed by atoms with Gasteiger partial charge in [-0.15, -0.1) is 0 Å². The smallest absolute Gasteiger partial charge is 0.269 e. The fourth-order valence-electron chi connectivity index (χ4n) is 1.87. The van der Waals surface area contributed by atoms with Crippen molar-refractivity contribution in [1.82, 2.24) is 10.3 Å². The van der Waals surface area contributed by atoms with Gasteiger partial charge in [0.1, 0.15) is 11.5 Å². The quantitative estimate of drug-likeness (QED) is 0.602. The lowest BCUT2D eigenvalue weighted by Gasteiger charge is -2.12. The average Bonchev–Trinajstić information content (AvgIpc) is 2.66. The third-order valence-corrected chi connectivity index (χ3v) is 3.90. The van der Waals surface area contributed by atoms with Gasteiger partial charge >= 0.3 is 0 Å². The number of anilines is 1. The summed E-state index contributed by atoms with van der Waals surface area (Å²) >= 11 is 18.3. The van der Waals surface area contributed by atoms with E-state index in [2.05, 4.69) is 15.6 Å². The van der Waals surface area contributed by atoms with Gasteiger partial charge in [-0.05, 0) is 24.3 Å². The number of pyridine rings is 1. The fraction of sp³-hybridized carbons (Fsp3) is 0.333. The van der Waals surface area contributed by atoms with Crippen LogP contribution in [0.25, 0.3) is 11.1 Å². The average molecular weight is 405 g/mol. The lowest BCUT2D eigenvalue weighted by molar-refractivity contribution is 0.0958. The summed E-state index contributed by atoms with van der Waals surface area (Å²) < 4.78 is 0. The molecule has 0 aliphatic carbocycles. The summed E-state index contributed by atoms with van der Waals surface area (Å²) in [5, 5.41) is 6.68. The summed E-state index contributed by atoms with van der Waals surface area (Å²) in [6.07, 6.45) is 0. The molecule has 0 fully saturated rings. The summed E-state index contributed by atoms with van der Waals surface area (Å²) in [7, 11) is 3.25. The minimum absolute atomic E-state index is 0.270. The van der Waals surface area contributed by atoms with Crippen LogP contribution in [0.2, 0.25) is 15.1 Å². The molecule has 2 aromatic rings. The van der Waals surface area contributed by atoms with Crippen molar-refractivity contribution in [3.05, 3.63) is 45.0 Å². The van der Waals surface area contributed by atoms with E-state index < -0.39 is 0 Å². The molecule has 7 heteroatoms. The van der Waals surface area contributed by atoms with Crippen molar-refractivity contribution in [1.29, 1.82) is 0 Å². The number of carbonyl (C=O) groups excluding carboxylic acids is 1. The monoisotopic (exact) mass is 403 g/mol. The molecule has 0 saturated heterocycles. The maximum atomic E-state index is 11.6. The first-order valence-corrected chi connectivity index (χ1v) is 9.17. The predicted molar refractivity (Wildman–Crippen MR) is 110 cm³/mol. The molecule has 0 atom stereocenters. The molecule has 2 N–H and O–H groups in total. The molecule has 1 amide bonds. The van der Waals surface area contributed by atoms with E-state index in [0.717, 1.165) is 0 Å². The first-order valence-electron chi connectivity index (χ1n) is 8.03. The molecule has 138 valence electrons. The van der Waals surface area contributed by atoms with Crippen molar-refractivity contribution in [2.24, 2.45) is 0 Å². The highest BCUT2D eigenvalue weighted by Crippen LogP contribution is 2.38. The van der Waals surface area contributed by atoms with Crippen molar-refractivity contribution in [3.63, 3.8) is 0 Å². The van der Waals surface area contributed by atoms with Crippen LogP contribution in [0, 0.1) is 0 Å². The summed E-state index contributed by atoms with van der Waals surface area (Å²) in [6.45, 7) is 8.00. The maximum absolute atomic E-state index is 11.6. The molecule has 1 heterocycles. The van der Waals surface area contributed by atoms with E-state index in [9.17, 15) is 4.79 Å². The largest absolute Gasteiger partial charge is 0.373 e. The van der Waals surface area contributed by atoms with Gasteiger partial charge in [-0.3, -0.25) is 4.79 Å². The molecule has 0 saturated carbocycles. The minimum Gasteiger partial charge on any atom is -0.373 e. The number of nitrogens with zero attached hydrogens (tertiary/aromatic N) is 1. The second-order valence-corrected chi connectivity index (χ2v) is 5.39. The highest BCUT2D eigenvalue weighted by molar-refractivity contribution is 6.45. The Bertz CT molecular complexity index is 706. The second kappa shape index (κ2) is 12.0. The summed E-state index contributed by atoms with van der Waals surface area (Å²) in [6, 6.07) is 6.63. The number of hydrogen-bond acceptors (Lipinski definition) is 3.